The Morgan fingerprint density at radius 1 is 0.453 bits per heavy atom. The Balaban J connectivity index is 1.88. The number of rotatable bonds is 22. The molecule has 0 aliphatic heterocycles. The largest absolute Gasteiger partial charge is 0.412 e. The van der Waals surface area contributed by atoms with Gasteiger partial charge >= 0.3 is 0 Å². The van der Waals surface area contributed by atoms with Gasteiger partial charge in [-0.3, -0.25) is 0 Å². The summed E-state index contributed by atoms with van der Waals surface area (Å²) in [5.74, 6) is 0. The molecule has 0 amide bonds. The third-order valence-corrected chi connectivity index (χ3v) is 18.6. The summed E-state index contributed by atoms with van der Waals surface area (Å²) in [6.07, 6.45) is -1.51. The quantitative estimate of drug-likeness (QED) is 0.0745. The van der Waals surface area contributed by atoms with E-state index in [-0.39, 0.29) is 12.2 Å². The molecule has 288 valence electrons. The molecule has 0 spiro atoms. The lowest BCUT2D eigenvalue weighted by atomic mass is 10.0. The summed E-state index contributed by atoms with van der Waals surface area (Å²) in [5, 5.41) is 1.47. The standard InChI is InChI=1S/C45H66O5Si3/c1-36(2)53(37(3)4,41-29-21-14-22-30-41)35-43(50-52(8,9)10)45(48-33-40-27-19-13-20-28-40)44(47-32-39-25-17-12-18-26-39)42(49-51(5,6)7)34-46-31-38-23-15-11-16-24-38/h11-30,36-37,42-45H,31-35H2,1-10H3/t42-,43+,44-,45-/m0/s1. The molecular formula is C45H66O5Si3. The van der Waals surface area contributed by atoms with Crippen LogP contribution in [-0.4, -0.2) is 55.7 Å². The Morgan fingerprint density at radius 3 is 1.21 bits per heavy atom. The normalized spacial score (nSPS) is 15.0. The van der Waals surface area contributed by atoms with Crippen LogP contribution >= 0.6 is 0 Å². The van der Waals surface area contributed by atoms with Crippen LogP contribution in [0.4, 0.5) is 0 Å². The van der Waals surface area contributed by atoms with E-state index in [1.54, 1.807) is 0 Å². The van der Waals surface area contributed by atoms with Crippen LogP contribution in [0.5, 0.6) is 0 Å². The van der Waals surface area contributed by atoms with Crippen molar-refractivity contribution in [2.75, 3.05) is 6.61 Å². The molecule has 0 heterocycles. The van der Waals surface area contributed by atoms with E-state index in [2.05, 4.69) is 176 Å². The Morgan fingerprint density at radius 2 is 0.811 bits per heavy atom. The Labute approximate surface area is 324 Å². The van der Waals surface area contributed by atoms with Gasteiger partial charge in [0.15, 0.2) is 16.6 Å². The predicted octanol–water partition coefficient (Wildman–Crippen LogP) is 11.0. The molecule has 0 saturated heterocycles. The van der Waals surface area contributed by atoms with Gasteiger partial charge in [-0.2, -0.15) is 0 Å². The first-order valence-electron chi connectivity index (χ1n) is 19.5. The molecule has 0 fully saturated rings. The number of ether oxygens (including phenoxy) is 3. The van der Waals surface area contributed by atoms with Gasteiger partial charge in [0.05, 0.1) is 46.7 Å². The SMILES string of the molecule is CC(C)[Si](C[C@@H](O[Si](C)(C)C)[C@H](OCc1ccccc1)[C@@H](OCc1ccccc1)[C@H](COCc1ccccc1)O[Si](C)(C)C)(c1ccccc1)C(C)C. The summed E-state index contributed by atoms with van der Waals surface area (Å²) >= 11 is 0. The van der Waals surface area contributed by atoms with E-state index in [1.807, 2.05) is 12.1 Å². The van der Waals surface area contributed by atoms with E-state index in [0.29, 0.717) is 37.5 Å². The predicted molar refractivity (Wildman–Crippen MR) is 229 cm³/mol. The Bertz CT molecular complexity index is 1570. The van der Waals surface area contributed by atoms with E-state index in [1.165, 1.54) is 5.19 Å². The average molecular weight is 771 g/mol. The summed E-state index contributed by atoms with van der Waals surface area (Å²) in [6, 6.07) is 43.4. The van der Waals surface area contributed by atoms with E-state index in [4.69, 9.17) is 23.1 Å². The highest BCUT2D eigenvalue weighted by Gasteiger charge is 2.49. The molecule has 4 rings (SSSR count). The van der Waals surface area contributed by atoms with Crippen molar-refractivity contribution in [2.45, 2.75) is 128 Å². The van der Waals surface area contributed by atoms with Crippen molar-refractivity contribution in [3.63, 3.8) is 0 Å². The van der Waals surface area contributed by atoms with Crippen LogP contribution in [0.15, 0.2) is 121 Å². The van der Waals surface area contributed by atoms with E-state index < -0.39 is 36.9 Å². The topological polar surface area (TPSA) is 46.2 Å². The molecule has 5 nitrogen and oxygen atoms in total. The number of benzene rings is 4. The maximum absolute atomic E-state index is 7.44. The molecule has 0 aromatic heterocycles. The minimum absolute atomic E-state index is 0.232. The molecule has 0 unspecified atom stereocenters. The van der Waals surface area contributed by atoms with Crippen molar-refractivity contribution in [2.24, 2.45) is 0 Å². The van der Waals surface area contributed by atoms with E-state index in [9.17, 15) is 0 Å². The molecular weight excluding hydrogens is 705 g/mol. The van der Waals surface area contributed by atoms with Crippen LogP contribution in [-0.2, 0) is 42.9 Å². The maximum atomic E-state index is 7.44. The van der Waals surface area contributed by atoms with Crippen LogP contribution in [0.2, 0.25) is 56.4 Å². The monoisotopic (exact) mass is 770 g/mol. The first-order chi connectivity index (χ1) is 25.2. The van der Waals surface area contributed by atoms with Crippen molar-refractivity contribution in [1.82, 2.24) is 0 Å². The van der Waals surface area contributed by atoms with Crippen LogP contribution in [0.1, 0.15) is 44.4 Å². The molecule has 0 radical (unpaired) electrons. The molecule has 0 aliphatic rings. The second kappa shape index (κ2) is 20.3. The van der Waals surface area contributed by atoms with Crippen LogP contribution in [0.3, 0.4) is 0 Å². The summed E-state index contributed by atoms with van der Waals surface area (Å²) in [6.45, 7) is 25.0. The van der Waals surface area contributed by atoms with Crippen LogP contribution in [0.25, 0.3) is 0 Å². The summed E-state index contributed by atoms with van der Waals surface area (Å²) in [7, 11) is -6.48. The molecule has 4 atom stereocenters. The van der Waals surface area contributed by atoms with Crippen LogP contribution < -0.4 is 5.19 Å². The molecule has 0 aliphatic carbocycles. The van der Waals surface area contributed by atoms with Crippen molar-refractivity contribution < 1.29 is 23.1 Å². The summed E-state index contributed by atoms with van der Waals surface area (Å²) < 4.78 is 35.5. The van der Waals surface area contributed by atoms with Crippen LogP contribution in [0, 0.1) is 0 Å². The van der Waals surface area contributed by atoms with Gasteiger partial charge < -0.3 is 23.1 Å². The summed E-state index contributed by atoms with van der Waals surface area (Å²) in [5.41, 5.74) is 4.30. The lowest BCUT2D eigenvalue weighted by molar-refractivity contribution is -0.166. The first-order valence-corrected chi connectivity index (χ1v) is 28.7. The zero-order valence-corrected chi connectivity index (χ0v) is 37.1. The molecule has 53 heavy (non-hydrogen) atoms. The van der Waals surface area contributed by atoms with Gasteiger partial charge in [-0.25, -0.2) is 0 Å². The second-order valence-corrected chi connectivity index (χ2v) is 31.3. The zero-order chi connectivity index (χ0) is 38.5. The van der Waals surface area contributed by atoms with Gasteiger partial charge in [0.1, 0.15) is 12.2 Å². The molecule has 0 N–H and O–H groups in total. The minimum Gasteiger partial charge on any atom is -0.412 e. The Hall–Kier alpha value is -2.67. The zero-order valence-electron chi connectivity index (χ0n) is 34.1. The summed E-state index contributed by atoms with van der Waals surface area (Å²) in [4.78, 5) is 0. The third-order valence-electron chi connectivity index (χ3n) is 9.94. The van der Waals surface area contributed by atoms with Crippen molar-refractivity contribution >= 4 is 29.9 Å². The van der Waals surface area contributed by atoms with Gasteiger partial charge in [-0.15, -0.1) is 0 Å². The molecule has 8 heteroatoms. The van der Waals surface area contributed by atoms with Gasteiger partial charge in [0.2, 0.25) is 0 Å². The van der Waals surface area contributed by atoms with Crippen molar-refractivity contribution in [3.05, 3.63) is 138 Å². The second-order valence-electron chi connectivity index (χ2n) is 17.0. The smallest absolute Gasteiger partial charge is 0.184 e. The van der Waals surface area contributed by atoms with E-state index >= 15 is 0 Å². The highest BCUT2D eigenvalue weighted by molar-refractivity contribution is 6.94. The average Bonchev–Trinajstić information content (AvgIpc) is 3.11. The fraction of sp³-hybridized carbons (Fsp3) is 0.467. The molecule has 4 aromatic carbocycles. The van der Waals surface area contributed by atoms with E-state index in [0.717, 1.165) is 22.7 Å². The number of hydrogen-bond donors (Lipinski definition) is 0. The highest BCUT2D eigenvalue weighted by atomic mass is 28.4. The maximum Gasteiger partial charge on any atom is 0.184 e. The Kier molecular flexibility index (Phi) is 16.5. The van der Waals surface area contributed by atoms with Gasteiger partial charge in [0, 0.05) is 0 Å². The molecule has 4 aromatic rings. The lowest BCUT2D eigenvalue weighted by Crippen LogP contribution is -2.60. The van der Waals surface area contributed by atoms with Crippen molar-refractivity contribution in [1.29, 1.82) is 0 Å². The third kappa shape index (κ3) is 13.5. The van der Waals surface area contributed by atoms with Crippen molar-refractivity contribution in [3.8, 4) is 0 Å². The van der Waals surface area contributed by atoms with Gasteiger partial charge in [-0.1, -0.05) is 154 Å². The highest BCUT2D eigenvalue weighted by Crippen LogP contribution is 2.40. The van der Waals surface area contributed by atoms with Gasteiger partial charge in [0.25, 0.3) is 0 Å². The fourth-order valence-electron chi connectivity index (χ4n) is 7.56. The fourth-order valence-corrected chi connectivity index (χ4v) is 15.6. The minimum atomic E-state index is -2.25. The lowest BCUT2D eigenvalue weighted by Gasteiger charge is -2.47. The number of hydrogen-bond acceptors (Lipinski definition) is 5. The van der Waals surface area contributed by atoms with Gasteiger partial charge in [-0.05, 0) is 73.1 Å². The molecule has 0 bridgehead atoms. The molecule has 0 saturated carbocycles. The first kappa shape index (κ1) is 43.1.